The van der Waals surface area contributed by atoms with E-state index in [0.29, 0.717) is 12.1 Å². The second-order valence-electron chi connectivity index (χ2n) is 4.84. The van der Waals surface area contributed by atoms with Crippen LogP contribution in [0.5, 0.6) is 0 Å². The molecule has 0 aromatic heterocycles. The first-order chi connectivity index (χ1) is 9.42. The quantitative estimate of drug-likeness (QED) is 0.636. The number of rotatable bonds is 4. The van der Waals surface area contributed by atoms with Crippen LogP contribution >= 0.6 is 0 Å². The Labute approximate surface area is 117 Å². The fraction of sp³-hybridized carbons (Fsp3) is 0.500. The van der Waals surface area contributed by atoms with E-state index in [4.69, 9.17) is 0 Å². The van der Waals surface area contributed by atoms with Gasteiger partial charge in [0.1, 0.15) is 0 Å². The minimum atomic E-state index is -3.90. The lowest BCUT2D eigenvalue weighted by atomic mass is 10.1. The van der Waals surface area contributed by atoms with Crippen LogP contribution < -0.4 is 10.0 Å². The molecule has 0 saturated carbocycles. The van der Waals surface area contributed by atoms with Crippen LogP contribution in [-0.2, 0) is 10.0 Å². The van der Waals surface area contributed by atoms with Gasteiger partial charge in [0.15, 0.2) is 4.90 Å². The van der Waals surface area contributed by atoms with E-state index < -0.39 is 14.9 Å². The Morgan fingerprint density at radius 2 is 2.20 bits per heavy atom. The minimum Gasteiger partial charge on any atom is -0.315 e. The Bertz CT molecular complexity index is 609. The average molecular weight is 299 g/mol. The molecule has 0 bridgehead atoms. The van der Waals surface area contributed by atoms with Crippen LogP contribution in [0.25, 0.3) is 0 Å². The summed E-state index contributed by atoms with van der Waals surface area (Å²) >= 11 is 0. The van der Waals surface area contributed by atoms with Crippen molar-refractivity contribution in [1.29, 1.82) is 0 Å². The fourth-order valence-electron chi connectivity index (χ4n) is 2.36. The molecule has 0 aliphatic carbocycles. The van der Waals surface area contributed by atoms with Crippen molar-refractivity contribution in [3.05, 3.63) is 33.9 Å². The normalized spacial score (nSPS) is 19.8. The fourth-order valence-corrected chi connectivity index (χ4v) is 4.03. The Morgan fingerprint density at radius 3 is 2.80 bits per heavy atom. The van der Waals surface area contributed by atoms with Gasteiger partial charge in [-0.1, -0.05) is 12.1 Å². The molecule has 1 saturated heterocycles. The molecule has 1 heterocycles. The molecule has 2 N–H and O–H groups in total. The van der Waals surface area contributed by atoms with Crippen molar-refractivity contribution in [3.8, 4) is 0 Å². The first kappa shape index (κ1) is 14.9. The van der Waals surface area contributed by atoms with E-state index in [1.807, 2.05) is 0 Å². The van der Waals surface area contributed by atoms with Crippen LogP contribution in [0, 0.1) is 17.0 Å². The van der Waals surface area contributed by atoms with Gasteiger partial charge in [-0.15, -0.1) is 0 Å². The predicted molar refractivity (Wildman–Crippen MR) is 74.0 cm³/mol. The molecule has 0 unspecified atom stereocenters. The molecule has 1 atom stereocenters. The number of sulfonamides is 1. The van der Waals surface area contributed by atoms with Crippen molar-refractivity contribution in [2.24, 2.45) is 0 Å². The van der Waals surface area contributed by atoms with Crippen LogP contribution in [-0.4, -0.2) is 32.5 Å². The van der Waals surface area contributed by atoms with E-state index >= 15 is 0 Å². The van der Waals surface area contributed by atoms with Gasteiger partial charge in [-0.2, -0.15) is 0 Å². The van der Waals surface area contributed by atoms with E-state index in [0.717, 1.165) is 19.4 Å². The van der Waals surface area contributed by atoms with Crippen LogP contribution in [0.2, 0.25) is 0 Å². The van der Waals surface area contributed by atoms with Gasteiger partial charge >= 0.3 is 0 Å². The number of hydrogen-bond acceptors (Lipinski definition) is 5. The number of nitrogens with one attached hydrogen (secondary N) is 2. The predicted octanol–water partition coefficient (Wildman–Crippen LogP) is 0.934. The maximum atomic E-state index is 12.4. The molecular formula is C12H17N3O4S. The largest absolute Gasteiger partial charge is 0.315 e. The maximum Gasteiger partial charge on any atom is 0.289 e. The highest BCUT2D eigenvalue weighted by atomic mass is 32.2. The van der Waals surface area contributed by atoms with Crippen molar-refractivity contribution >= 4 is 15.7 Å². The highest BCUT2D eigenvalue weighted by Crippen LogP contribution is 2.27. The first-order valence-electron chi connectivity index (χ1n) is 6.39. The standard InChI is InChI=1S/C12H17N3O4S/c1-9-4-2-6-11(15(16)17)12(9)20(18,19)14-10-5-3-7-13-8-10/h2,4,6,10,13-14H,3,5,7-8H2,1H3/t10-/m0/s1. The van der Waals surface area contributed by atoms with Gasteiger partial charge in [-0.05, 0) is 31.9 Å². The Morgan fingerprint density at radius 1 is 1.45 bits per heavy atom. The van der Waals surface area contributed by atoms with E-state index in [9.17, 15) is 18.5 Å². The number of hydrogen-bond donors (Lipinski definition) is 2. The Kier molecular flexibility index (Phi) is 4.36. The highest BCUT2D eigenvalue weighted by molar-refractivity contribution is 7.89. The second kappa shape index (κ2) is 5.86. The smallest absolute Gasteiger partial charge is 0.289 e. The van der Waals surface area contributed by atoms with E-state index in [-0.39, 0.29) is 16.6 Å². The molecule has 1 aliphatic heterocycles. The molecule has 1 aromatic rings. The van der Waals surface area contributed by atoms with Crippen molar-refractivity contribution in [1.82, 2.24) is 10.0 Å². The maximum absolute atomic E-state index is 12.4. The van der Waals surface area contributed by atoms with Gasteiger partial charge in [0.05, 0.1) is 4.92 Å². The highest BCUT2D eigenvalue weighted by Gasteiger charge is 2.30. The SMILES string of the molecule is Cc1cccc([N+](=O)[O-])c1S(=O)(=O)N[C@H]1CCCNC1. The molecule has 8 heteroatoms. The van der Waals surface area contributed by atoms with Crippen LogP contribution in [0.15, 0.2) is 23.1 Å². The van der Waals surface area contributed by atoms with E-state index in [1.165, 1.54) is 12.1 Å². The van der Waals surface area contributed by atoms with Gasteiger partial charge in [0, 0.05) is 18.7 Å². The number of nitro benzene ring substituents is 1. The summed E-state index contributed by atoms with van der Waals surface area (Å²) in [5.74, 6) is 0. The second-order valence-corrected chi connectivity index (χ2v) is 6.50. The molecule has 2 rings (SSSR count). The molecule has 1 fully saturated rings. The van der Waals surface area contributed by atoms with E-state index in [2.05, 4.69) is 10.0 Å². The minimum absolute atomic E-state index is 0.229. The molecule has 0 spiro atoms. The molecule has 7 nitrogen and oxygen atoms in total. The number of benzene rings is 1. The summed E-state index contributed by atoms with van der Waals surface area (Å²) in [6.07, 6.45) is 1.61. The van der Waals surface area contributed by atoms with Gasteiger partial charge in [-0.25, -0.2) is 13.1 Å². The van der Waals surface area contributed by atoms with Crippen molar-refractivity contribution in [3.63, 3.8) is 0 Å². The monoisotopic (exact) mass is 299 g/mol. The van der Waals surface area contributed by atoms with Gasteiger partial charge in [0.25, 0.3) is 5.69 Å². The molecular weight excluding hydrogens is 282 g/mol. The zero-order valence-corrected chi connectivity index (χ0v) is 11.9. The average Bonchev–Trinajstić information content (AvgIpc) is 2.38. The Balaban J connectivity index is 2.36. The van der Waals surface area contributed by atoms with Gasteiger partial charge < -0.3 is 5.32 Å². The van der Waals surface area contributed by atoms with Gasteiger partial charge in [-0.3, -0.25) is 10.1 Å². The summed E-state index contributed by atoms with van der Waals surface area (Å²) < 4.78 is 27.4. The van der Waals surface area contributed by atoms with Crippen LogP contribution in [0.4, 0.5) is 5.69 Å². The summed E-state index contributed by atoms with van der Waals surface area (Å²) in [7, 11) is -3.90. The zero-order valence-electron chi connectivity index (χ0n) is 11.1. The molecule has 20 heavy (non-hydrogen) atoms. The molecule has 1 aliphatic rings. The zero-order chi connectivity index (χ0) is 14.8. The summed E-state index contributed by atoms with van der Waals surface area (Å²) in [4.78, 5) is 10.1. The number of aryl methyl sites for hydroxylation is 1. The molecule has 0 amide bonds. The summed E-state index contributed by atoms with van der Waals surface area (Å²) in [5, 5.41) is 14.1. The number of piperidine rings is 1. The van der Waals surface area contributed by atoms with Crippen LogP contribution in [0.1, 0.15) is 18.4 Å². The molecule has 1 aromatic carbocycles. The third-order valence-electron chi connectivity index (χ3n) is 3.28. The van der Waals surface area contributed by atoms with Gasteiger partial charge in [0.2, 0.25) is 10.0 Å². The lowest BCUT2D eigenvalue weighted by Crippen LogP contribution is -2.45. The summed E-state index contributed by atoms with van der Waals surface area (Å²) in [5.41, 5.74) is -0.0169. The van der Waals surface area contributed by atoms with Crippen LogP contribution in [0.3, 0.4) is 0 Å². The lowest BCUT2D eigenvalue weighted by molar-refractivity contribution is -0.387. The number of nitrogens with zero attached hydrogens (tertiary/aromatic N) is 1. The molecule has 0 radical (unpaired) electrons. The third-order valence-corrected chi connectivity index (χ3v) is 4.99. The third kappa shape index (κ3) is 3.14. The summed E-state index contributed by atoms with van der Waals surface area (Å²) in [6.45, 7) is 2.96. The number of nitro groups is 1. The van der Waals surface area contributed by atoms with Crippen molar-refractivity contribution < 1.29 is 13.3 Å². The summed E-state index contributed by atoms with van der Waals surface area (Å²) in [6, 6.07) is 4.02. The topological polar surface area (TPSA) is 101 Å². The lowest BCUT2D eigenvalue weighted by Gasteiger charge is -2.23. The Hall–Kier alpha value is -1.51. The van der Waals surface area contributed by atoms with E-state index in [1.54, 1.807) is 13.0 Å². The molecule has 110 valence electrons. The first-order valence-corrected chi connectivity index (χ1v) is 7.87. The van der Waals surface area contributed by atoms with Crippen molar-refractivity contribution in [2.75, 3.05) is 13.1 Å². The van der Waals surface area contributed by atoms with Crippen molar-refractivity contribution in [2.45, 2.75) is 30.7 Å².